The summed E-state index contributed by atoms with van der Waals surface area (Å²) in [5.74, 6) is 1.26. The lowest BCUT2D eigenvalue weighted by Crippen LogP contribution is -2.19. The quantitative estimate of drug-likeness (QED) is 0.752. The Kier molecular flexibility index (Phi) is 4.33. The fourth-order valence-electron chi connectivity index (χ4n) is 2.34. The summed E-state index contributed by atoms with van der Waals surface area (Å²) in [5.41, 5.74) is 8.72. The van der Waals surface area contributed by atoms with E-state index in [1.54, 1.807) is 12.4 Å². The van der Waals surface area contributed by atoms with Crippen molar-refractivity contribution in [3.63, 3.8) is 0 Å². The number of hydrogen-bond donors (Lipinski definition) is 2. The lowest BCUT2D eigenvalue weighted by molar-refractivity contribution is 0.980. The van der Waals surface area contributed by atoms with Crippen LogP contribution in [0.15, 0.2) is 61.2 Å². The highest BCUT2D eigenvalue weighted by Crippen LogP contribution is 2.32. The number of rotatable bonds is 5. The summed E-state index contributed by atoms with van der Waals surface area (Å²) in [4.78, 5) is 14.7. The molecule has 6 heteroatoms. The van der Waals surface area contributed by atoms with Gasteiger partial charge in [0.2, 0.25) is 0 Å². The van der Waals surface area contributed by atoms with Gasteiger partial charge < -0.3 is 16.0 Å². The molecule has 0 radical (unpaired) electrons. The van der Waals surface area contributed by atoms with E-state index in [4.69, 9.17) is 5.73 Å². The molecule has 2 aromatic heterocycles. The van der Waals surface area contributed by atoms with Crippen molar-refractivity contribution in [2.45, 2.75) is 6.92 Å². The molecule has 0 fully saturated rings. The summed E-state index contributed by atoms with van der Waals surface area (Å²) < 4.78 is 0. The number of aromatic nitrogens is 3. The highest BCUT2D eigenvalue weighted by atomic mass is 15.2. The van der Waals surface area contributed by atoms with Crippen LogP contribution in [0, 0.1) is 0 Å². The predicted molar refractivity (Wildman–Crippen MR) is 93.1 cm³/mol. The molecule has 0 aliphatic heterocycles. The molecule has 0 atom stereocenters. The van der Waals surface area contributed by atoms with Gasteiger partial charge in [-0.25, -0.2) is 9.97 Å². The molecule has 0 saturated heterocycles. The second kappa shape index (κ2) is 6.74. The van der Waals surface area contributed by atoms with Gasteiger partial charge in [-0.05, 0) is 31.2 Å². The van der Waals surface area contributed by atoms with Crippen molar-refractivity contribution in [3.8, 4) is 0 Å². The fourth-order valence-corrected chi connectivity index (χ4v) is 2.34. The van der Waals surface area contributed by atoms with Gasteiger partial charge >= 0.3 is 0 Å². The van der Waals surface area contributed by atoms with Crippen LogP contribution in [0.5, 0.6) is 0 Å². The lowest BCUT2D eigenvalue weighted by Gasteiger charge is -2.24. The summed E-state index contributed by atoms with van der Waals surface area (Å²) in [6.45, 7) is 2.81. The molecule has 0 spiro atoms. The summed E-state index contributed by atoms with van der Waals surface area (Å²) in [7, 11) is 0. The van der Waals surface area contributed by atoms with Gasteiger partial charge in [-0.2, -0.15) is 0 Å². The first kappa shape index (κ1) is 14.8. The number of pyridine rings is 1. The molecule has 116 valence electrons. The third-order valence-corrected chi connectivity index (χ3v) is 3.45. The fraction of sp³-hybridized carbons (Fsp3) is 0.118. The molecule has 3 aromatic rings. The van der Waals surface area contributed by atoms with Crippen LogP contribution in [-0.4, -0.2) is 21.5 Å². The topological polar surface area (TPSA) is 80.0 Å². The second-order valence-electron chi connectivity index (χ2n) is 4.90. The van der Waals surface area contributed by atoms with Crippen LogP contribution in [0.4, 0.5) is 28.7 Å². The summed E-state index contributed by atoms with van der Waals surface area (Å²) >= 11 is 0. The van der Waals surface area contributed by atoms with E-state index < -0.39 is 0 Å². The molecular weight excluding hydrogens is 288 g/mol. The third kappa shape index (κ3) is 3.21. The van der Waals surface area contributed by atoms with E-state index in [0.717, 1.165) is 17.9 Å². The average Bonchev–Trinajstić information content (AvgIpc) is 2.61. The maximum atomic E-state index is 6.30. The zero-order chi connectivity index (χ0) is 16.1. The first-order chi connectivity index (χ1) is 11.3. The minimum Gasteiger partial charge on any atom is -0.393 e. The Labute approximate surface area is 135 Å². The zero-order valence-electron chi connectivity index (χ0n) is 12.8. The monoisotopic (exact) mass is 306 g/mol. The molecule has 1 aromatic carbocycles. The van der Waals surface area contributed by atoms with Crippen molar-refractivity contribution in [1.29, 1.82) is 0 Å². The van der Waals surface area contributed by atoms with Crippen molar-refractivity contribution in [2.75, 3.05) is 22.5 Å². The Morgan fingerprint density at radius 1 is 1.04 bits per heavy atom. The number of nitrogens with one attached hydrogen (secondary N) is 1. The molecule has 23 heavy (non-hydrogen) atoms. The van der Waals surface area contributed by atoms with Gasteiger partial charge in [0.15, 0.2) is 11.6 Å². The Morgan fingerprint density at radius 3 is 2.48 bits per heavy atom. The number of nitrogens with zero attached hydrogens (tertiary/aromatic N) is 4. The highest BCUT2D eigenvalue weighted by molar-refractivity contribution is 5.81. The highest BCUT2D eigenvalue weighted by Gasteiger charge is 2.15. The lowest BCUT2D eigenvalue weighted by atomic mass is 10.2. The predicted octanol–water partition coefficient (Wildman–Crippen LogP) is 3.36. The normalized spacial score (nSPS) is 10.3. The van der Waals surface area contributed by atoms with E-state index in [1.807, 2.05) is 42.5 Å². The van der Waals surface area contributed by atoms with Gasteiger partial charge in [-0.3, -0.25) is 4.98 Å². The Bertz CT molecular complexity index is 761. The zero-order valence-corrected chi connectivity index (χ0v) is 12.8. The Hall–Kier alpha value is -3.15. The second-order valence-corrected chi connectivity index (χ2v) is 4.90. The molecule has 0 aliphatic carbocycles. The summed E-state index contributed by atoms with van der Waals surface area (Å²) in [6.07, 6.45) is 4.94. The van der Waals surface area contributed by atoms with Crippen LogP contribution in [-0.2, 0) is 0 Å². The Balaban J connectivity index is 1.96. The molecule has 6 nitrogen and oxygen atoms in total. The molecule has 0 amide bonds. The van der Waals surface area contributed by atoms with Crippen molar-refractivity contribution in [1.82, 2.24) is 15.0 Å². The van der Waals surface area contributed by atoms with Crippen LogP contribution in [0.3, 0.4) is 0 Å². The van der Waals surface area contributed by atoms with Crippen LogP contribution in [0.1, 0.15) is 6.92 Å². The number of nitrogens with two attached hydrogens (primary N) is 1. The van der Waals surface area contributed by atoms with E-state index >= 15 is 0 Å². The van der Waals surface area contributed by atoms with Gasteiger partial charge in [0.05, 0.1) is 0 Å². The minimum atomic E-state index is 0.509. The molecule has 0 saturated carbocycles. The first-order valence-electron chi connectivity index (χ1n) is 7.39. The van der Waals surface area contributed by atoms with Crippen molar-refractivity contribution < 1.29 is 0 Å². The number of benzene rings is 1. The van der Waals surface area contributed by atoms with E-state index in [1.165, 1.54) is 6.33 Å². The molecule has 0 unspecified atom stereocenters. The smallest absolute Gasteiger partial charge is 0.161 e. The van der Waals surface area contributed by atoms with E-state index in [-0.39, 0.29) is 0 Å². The van der Waals surface area contributed by atoms with Crippen LogP contribution < -0.4 is 16.0 Å². The average molecular weight is 306 g/mol. The number of nitrogen functional groups attached to an aromatic ring is 1. The standard InChI is InChI=1S/C17H18N6/c1-2-23(14-6-4-3-5-7-14)17-15(18)16(20-12-21-17)22-13-8-10-19-11-9-13/h3-12H,2,18H2,1H3,(H,19,20,21,22). The van der Waals surface area contributed by atoms with Gasteiger partial charge in [-0.15, -0.1) is 0 Å². The van der Waals surface area contributed by atoms with Crippen LogP contribution in [0.2, 0.25) is 0 Å². The van der Waals surface area contributed by atoms with E-state index in [0.29, 0.717) is 17.3 Å². The summed E-state index contributed by atoms with van der Waals surface area (Å²) in [6, 6.07) is 13.7. The van der Waals surface area contributed by atoms with Crippen molar-refractivity contribution in [2.24, 2.45) is 0 Å². The van der Waals surface area contributed by atoms with Gasteiger partial charge in [0, 0.05) is 30.3 Å². The van der Waals surface area contributed by atoms with E-state index in [2.05, 4.69) is 32.1 Å². The third-order valence-electron chi connectivity index (χ3n) is 3.45. The number of hydrogen-bond acceptors (Lipinski definition) is 6. The van der Waals surface area contributed by atoms with Crippen LogP contribution >= 0.6 is 0 Å². The molecule has 0 aliphatic rings. The van der Waals surface area contributed by atoms with Crippen molar-refractivity contribution >= 4 is 28.7 Å². The van der Waals surface area contributed by atoms with Gasteiger partial charge in [0.25, 0.3) is 0 Å². The molecule has 3 rings (SSSR count). The Morgan fingerprint density at radius 2 is 1.78 bits per heavy atom. The number of anilines is 5. The van der Waals surface area contributed by atoms with Crippen molar-refractivity contribution in [3.05, 3.63) is 61.2 Å². The van der Waals surface area contributed by atoms with Gasteiger partial charge in [-0.1, -0.05) is 18.2 Å². The maximum Gasteiger partial charge on any atom is 0.161 e. The first-order valence-corrected chi connectivity index (χ1v) is 7.39. The molecule has 2 heterocycles. The van der Waals surface area contributed by atoms with E-state index in [9.17, 15) is 0 Å². The number of para-hydroxylation sites is 1. The molecular formula is C17H18N6. The van der Waals surface area contributed by atoms with Crippen LogP contribution in [0.25, 0.3) is 0 Å². The molecule has 3 N–H and O–H groups in total. The summed E-state index contributed by atoms with van der Waals surface area (Å²) in [5, 5.41) is 3.20. The largest absolute Gasteiger partial charge is 0.393 e. The minimum absolute atomic E-state index is 0.509. The van der Waals surface area contributed by atoms with Gasteiger partial charge in [0.1, 0.15) is 12.0 Å². The molecule has 0 bridgehead atoms. The maximum absolute atomic E-state index is 6.30. The SMILES string of the molecule is CCN(c1ccccc1)c1ncnc(Nc2ccncc2)c1N.